The van der Waals surface area contributed by atoms with Crippen molar-refractivity contribution in [3.63, 3.8) is 0 Å². The molecule has 0 amide bonds. The standard InChI is InChI=1S/C14H16ClNO2S/c1-9-5-12(4)16(8-9)19(17,18)14-7-10(2)13(15)6-11(14)3/h5-8H,1-4H3. The average molecular weight is 298 g/mol. The Hall–Kier alpha value is -1.26. The first kappa shape index (κ1) is 14.2. The van der Waals surface area contributed by atoms with Gasteiger partial charge >= 0.3 is 0 Å². The van der Waals surface area contributed by atoms with Gasteiger partial charge in [-0.25, -0.2) is 12.4 Å². The van der Waals surface area contributed by atoms with Gasteiger partial charge in [-0.1, -0.05) is 11.6 Å². The van der Waals surface area contributed by atoms with Gasteiger partial charge in [0.1, 0.15) is 0 Å². The highest BCUT2D eigenvalue weighted by Gasteiger charge is 2.21. The lowest BCUT2D eigenvalue weighted by Crippen LogP contribution is -2.15. The maximum Gasteiger partial charge on any atom is 0.268 e. The highest BCUT2D eigenvalue weighted by atomic mass is 35.5. The summed E-state index contributed by atoms with van der Waals surface area (Å²) in [5.74, 6) is 0. The fourth-order valence-corrected chi connectivity index (χ4v) is 4.07. The van der Waals surface area contributed by atoms with Crippen molar-refractivity contribution in [3.05, 3.63) is 51.8 Å². The first-order valence-electron chi connectivity index (χ1n) is 5.91. The Labute approximate surface area is 118 Å². The molecule has 0 atom stereocenters. The summed E-state index contributed by atoms with van der Waals surface area (Å²) in [6.07, 6.45) is 1.63. The van der Waals surface area contributed by atoms with E-state index < -0.39 is 10.0 Å². The minimum atomic E-state index is -3.56. The van der Waals surface area contributed by atoms with E-state index in [4.69, 9.17) is 11.6 Å². The molecule has 0 saturated heterocycles. The quantitative estimate of drug-likeness (QED) is 0.849. The van der Waals surface area contributed by atoms with Crippen molar-refractivity contribution in [1.82, 2.24) is 3.97 Å². The zero-order valence-electron chi connectivity index (χ0n) is 11.4. The van der Waals surface area contributed by atoms with Crippen molar-refractivity contribution < 1.29 is 8.42 Å². The molecule has 1 aromatic carbocycles. The number of halogens is 1. The fraction of sp³-hybridized carbons (Fsp3) is 0.286. The smallest absolute Gasteiger partial charge is 0.246 e. The van der Waals surface area contributed by atoms with Crippen LogP contribution in [0.15, 0.2) is 29.3 Å². The van der Waals surface area contributed by atoms with E-state index in [0.29, 0.717) is 21.2 Å². The van der Waals surface area contributed by atoms with Crippen LogP contribution in [0, 0.1) is 27.7 Å². The van der Waals surface area contributed by atoms with Gasteiger partial charge in [-0.2, -0.15) is 0 Å². The Morgan fingerprint density at radius 3 is 2.16 bits per heavy atom. The van der Waals surface area contributed by atoms with Crippen LogP contribution < -0.4 is 0 Å². The molecule has 2 aromatic rings. The number of hydrogen-bond donors (Lipinski definition) is 0. The molecule has 0 aliphatic rings. The van der Waals surface area contributed by atoms with E-state index in [9.17, 15) is 8.42 Å². The number of nitrogens with zero attached hydrogens (tertiary/aromatic N) is 1. The van der Waals surface area contributed by atoms with Crippen LogP contribution in [0.2, 0.25) is 5.02 Å². The summed E-state index contributed by atoms with van der Waals surface area (Å²) in [7, 11) is -3.56. The van der Waals surface area contributed by atoms with Crippen LogP contribution in [0.5, 0.6) is 0 Å². The van der Waals surface area contributed by atoms with Crippen LogP contribution in [0.1, 0.15) is 22.4 Å². The summed E-state index contributed by atoms with van der Waals surface area (Å²) in [5, 5.41) is 0.580. The number of aryl methyl sites for hydroxylation is 4. The molecule has 102 valence electrons. The molecule has 1 aromatic heterocycles. The van der Waals surface area contributed by atoms with Crippen LogP contribution >= 0.6 is 11.6 Å². The number of hydrogen-bond acceptors (Lipinski definition) is 2. The molecule has 0 saturated carbocycles. The molecule has 0 spiro atoms. The average Bonchev–Trinajstić information content (AvgIpc) is 2.63. The maximum atomic E-state index is 12.7. The third-order valence-corrected chi connectivity index (χ3v) is 5.41. The van der Waals surface area contributed by atoms with Crippen LogP contribution in [0.25, 0.3) is 0 Å². The van der Waals surface area contributed by atoms with Crippen LogP contribution in [0.3, 0.4) is 0 Å². The van der Waals surface area contributed by atoms with Crippen molar-refractivity contribution in [3.8, 4) is 0 Å². The predicted molar refractivity (Wildman–Crippen MR) is 77.4 cm³/mol. The van der Waals surface area contributed by atoms with Crippen molar-refractivity contribution in [2.75, 3.05) is 0 Å². The van der Waals surface area contributed by atoms with Gasteiger partial charge in [0.05, 0.1) is 4.90 Å². The fourth-order valence-electron chi connectivity index (χ4n) is 2.11. The third-order valence-electron chi connectivity index (χ3n) is 3.10. The minimum Gasteiger partial charge on any atom is -0.246 e. The van der Waals surface area contributed by atoms with E-state index >= 15 is 0 Å². The van der Waals surface area contributed by atoms with Crippen LogP contribution in [-0.4, -0.2) is 12.4 Å². The first-order valence-corrected chi connectivity index (χ1v) is 7.73. The minimum absolute atomic E-state index is 0.299. The van der Waals surface area contributed by atoms with E-state index in [1.54, 1.807) is 39.1 Å². The van der Waals surface area contributed by atoms with Crippen molar-refractivity contribution >= 4 is 21.6 Å². The Bertz CT molecular complexity index is 745. The normalized spacial score (nSPS) is 11.8. The largest absolute Gasteiger partial charge is 0.268 e. The molecule has 0 N–H and O–H groups in total. The van der Waals surface area contributed by atoms with E-state index in [1.165, 1.54) is 3.97 Å². The zero-order chi connectivity index (χ0) is 14.4. The Morgan fingerprint density at radius 2 is 1.63 bits per heavy atom. The Kier molecular flexibility index (Phi) is 3.49. The second kappa shape index (κ2) is 4.69. The summed E-state index contributed by atoms with van der Waals surface area (Å²) in [5.41, 5.74) is 3.03. The topological polar surface area (TPSA) is 39.1 Å². The Morgan fingerprint density at radius 1 is 1.00 bits per heavy atom. The van der Waals surface area contributed by atoms with Gasteiger partial charge in [0.2, 0.25) is 0 Å². The number of benzene rings is 1. The molecule has 0 aliphatic heterocycles. The number of aromatic nitrogens is 1. The summed E-state index contributed by atoms with van der Waals surface area (Å²) in [4.78, 5) is 0.299. The molecular formula is C14H16ClNO2S. The monoisotopic (exact) mass is 297 g/mol. The lowest BCUT2D eigenvalue weighted by atomic mass is 10.2. The lowest BCUT2D eigenvalue weighted by Gasteiger charge is -2.12. The van der Waals surface area contributed by atoms with Gasteiger partial charge in [-0.15, -0.1) is 0 Å². The highest BCUT2D eigenvalue weighted by molar-refractivity contribution is 7.90. The second-order valence-corrected chi connectivity index (χ2v) is 7.02. The summed E-state index contributed by atoms with van der Waals surface area (Å²) in [6.45, 7) is 7.21. The van der Waals surface area contributed by atoms with Gasteiger partial charge in [0.25, 0.3) is 10.0 Å². The summed E-state index contributed by atoms with van der Waals surface area (Å²) >= 11 is 6.02. The van der Waals surface area contributed by atoms with E-state index in [2.05, 4.69) is 0 Å². The lowest BCUT2D eigenvalue weighted by molar-refractivity contribution is 0.585. The van der Waals surface area contributed by atoms with Gasteiger partial charge < -0.3 is 0 Å². The van der Waals surface area contributed by atoms with Crippen LogP contribution in [-0.2, 0) is 10.0 Å². The molecule has 2 rings (SSSR count). The van der Waals surface area contributed by atoms with Gasteiger partial charge in [0, 0.05) is 16.9 Å². The molecule has 0 unspecified atom stereocenters. The van der Waals surface area contributed by atoms with E-state index in [-0.39, 0.29) is 0 Å². The molecule has 0 radical (unpaired) electrons. The molecular weight excluding hydrogens is 282 g/mol. The molecule has 3 nitrogen and oxygen atoms in total. The predicted octanol–water partition coefficient (Wildman–Crippen LogP) is 3.61. The van der Waals surface area contributed by atoms with Gasteiger partial charge in [-0.05, 0) is 62.6 Å². The van der Waals surface area contributed by atoms with Crippen molar-refractivity contribution in [1.29, 1.82) is 0 Å². The highest BCUT2D eigenvalue weighted by Crippen LogP contribution is 2.26. The van der Waals surface area contributed by atoms with Crippen LogP contribution in [0.4, 0.5) is 0 Å². The zero-order valence-corrected chi connectivity index (χ0v) is 12.9. The first-order chi connectivity index (χ1) is 8.73. The second-order valence-electron chi connectivity index (χ2n) is 4.83. The van der Waals surface area contributed by atoms with Crippen molar-refractivity contribution in [2.24, 2.45) is 0 Å². The van der Waals surface area contributed by atoms with Crippen molar-refractivity contribution in [2.45, 2.75) is 32.6 Å². The third kappa shape index (κ3) is 2.42. The summed E-state index contributed by atoms with van der Waals surface area (Å²) < 4.78 is 26.7. The molecule has 19 heavy (non-hydrogen) atoms. The van der Waals surface area contributed by atoms with Gasteiger partial charge in [0.15, 0.2) is 0 Å². The molecule has 0 aliphatic carbocycles. The van der Waals surface area contributed by atoms with Gasteiger partial charge in [-0.3, -0.25) is 0 Å². The number of rotatable bonds is 2. The molecule has 1 heterocycles. The molecule has 0 fully saturated rings. The Balaban J connectivity index is 2.70. The van der Waals surface area contributed by atoms with E-state index in [1.807, 2.05) is 13.0 Å². The van der Waals surface area contributed by atoms with E-state index in [0.717, 1.165) is 11.1 Å². The molecule has 0 bridgehead atoms. The maximum absolute atomic E-state index is 12.7. The SMILES string of the molecule is Cc1cc(C)n(S(=O)(=O)c2cc(C)c(Cl)cc2C)c1. The molecule has 5 heteroatoms. The summed E-state index contributed by atoms with van der Waals surface area (Å²) in [6, 6.07) is 5.16.